The molecule has 6 nitrogen and oxygen atoms in total. The van der Waals surface area contributed by atoms with Crippen LogP contribution in [0.5, 0.6) is 11.8 Å². The minimum Gasteiger partial charge on any atom is -0.421 e. The van der Waals surface area contributed by atoms with Crippen LogP contribution in [0.25, 0.3) is 11.0 Å². The molecule has 0 aliphatic rings. The van der Waals surface area contributed by atoms with E-state index in [1.165, 1.54) is 6.20 Å². The maximum atomic E-state index is 13.4. The van der Waals surface area contributed by atoms with Crippen LogP contribution in [0.3, 0.4) is 0 Å². The molecular formula is C11H7F2N5O. The predicted molar refractivity (Wildman–Crippen MR) is 62.5 cm³/mol. The van der Waals surface area contributed by atoms with E-state index in [1.54, 1.807) is 0 Å². The molecule has 3 N–H and O–H groups in total. The summed E-state index contributed by atoms with van der Waals surface area (Å²) in [5, 5.41) is 6.88. The van der Waals surface area contributed by atoms with Crippen molar-refractivity contribution in [2.24, 2.45) is 0 Å². The number of aromatic nitrogens is 4. The maximum Gasteiger partial charge on any atom is 0.326 e. The average Bonchev–Trinajstić information content (AvgIpc) is 2.81. The number of H-pyrrole nitrogens is 1. The van der Waals surface area contributed by atoms with Crippen molar-refractivity contribution in [1.29, 1.82) is 0 Å². The summed E-state index contributed by atoms with van der Waals surface area (Å²) in [7, 11) is 0. The smallest absolute Gasteiger partial charge is 0.326 e. The second-order valence-corrected chi connectivity index (χ2v) is 3.70. The first-order chi connectivity index (χ1) is 9.13. The van der Waals surface area contributed by atoms with Gasteiger partial charge in [-0.05, 0) is 12.1 Å². The molecule has 0 saturated heterocycles. The molecule has 0 amide bonds. The Morgan fingerprint density at radius 2 is 2.05 bits per heavy atom. The zero-order valence-corrected chi connectivity index (χ0v) is 9.39. The molecule has 2 aromatic heterocycles. The molecule has 0 spiro atoms. The number of anilines is 1. The van der Waals surface area contributed by atoms with E-state index in [-0.39, 0.29) is 17.6 Å². The molecular weight excluding hydrogens is 256 g/mol. The van der Waals surface area contributed by atoms with E-state index in [1.807, 2.05) is 0 Å². The fourth-order valence-corrected chi connectivity index (χ4v) is 1.54. The Bertz CT molecular complexity index is 758. The molecule has 3 rings (SSSR count). The van der Waals surface area contributed by atoms with Crippen LogP contribution >= 0.6 is 0 Å². The van der Waals surface area contributed by atoms with Crippen LogP contribution < -0.4 is 10.5 Å². The molecule has 2 heterocycles. The number of ether oxygens (including phenoxy) is 1. The third kappa shape index (κ3) is 2.03. The first-order valence-electron chi connectivity index (χ1n) is 5.23. The Balaban J connectivity index is 2.00. The SMILES string of the molecule is Nc1nc(Oc2ccc(F)cc2F)nc2[nH]ncc12. The lowest BCUT2D eigenvalue weighted by Crippen LogP contribution is -1.99. The van der Waals surface area contributed by atoms with E-state index in [4.69, 9.17) is 10.5 Å². The molecule has 0 unspecified atom stereocenters. The second kappa shape index (κ2) is 4.16. The first-order valence-corrected chi connectivity index (χ1v) is 5.23. The number of halogens is 2. The number of fused-ring (bicyclic) bond motifs is 1. The Labute approximate surface area is 105 Å². The van der Waals surface area contributed by atoms with E-state index in [9.17, 15) is 8.78 Å². The Morgan fingerprint density at radius 3 is 2.84 bits per heavy atom. The summed E-state index contributed by atoms with van der Waals surface area (Å²) in [6, 6.07) is 2.76. The van der Waals surface area contributed by atoms with Crippen molar-refractivity contribution in [2.45, 2.75) is 0 Å². The highest BCUT2D eigenvalue weighted by molar-refractivity contribution is 5.84. The van der Waals surface area contributed by atoms with Crippen LogP contribution in [-0.2, 0) is 0 Å². The van der Waals surface area contributed by atoms with Crippen LogP contribution in [0.4, 0.5) is 14.6 Å². The lowest BCUT2D eigenvalue weighted by molar-refractivity contribution is 0.410. The lowest BCUT2D eigenvalue weighted by atomic mass is 10.3. The van der Waals surface area contributed by atoms with Gasteiger partial charge in [0.25, 0.3) is 0 Å². The van der Waals surface area contributed by atoms with E-state index < -0.39 is 11.6 Å². The predicted octanol–water partition coefficient (Wildman–Crippen LogP) is 2.01. The zero-order valence-electron chi connectivity index (χ0n) is 9.39. The highest BCUT2D eigenvalue weighted by atomic mass is 19.1. The number of aromatic amines is 1. The average molecular weight is 263 g/mol. The summed E-state index contributed by atoms with van der Waals surface area (Å²) >= 11 is 0. The highest BCUT2D eigenvalue weighted by Crippen LogP contribution is 2.25. The monoisotopic (exact) mass is 263 g/mol. The topological polar surface area (TPSA) is 89.7 Å². The minimum atomic E-state index is -0.855. The molecule has 3 aromatic rings. The van der Waals surface area contributed by atoms with Crippen LogP contribution in [-0.4, -0.2) is 20.2 Å². The largest absolute Gasteiger partial charge is 0.421 e. The van der Waals surface area contributed by atoms with Crippen LogP contribution in [0.2, 0.25) is 0 Å². The standard InChI is InChI=1S/C11H7F2N5O/c12-5-1-2-8(7(13)3-5)19-11-16-9(14)6-4-15-18-10(6)17-11/h1-4H,(H3,14,15,16,17,18). The molecule has 0 radical (unpaired) electrons. The lowest BCUT2D eigenvalue weighted by Gasteiger charge is -2.05. The Hall–Kier alpha value is -2.77. The molecule has 96 valence electrons. The number of nitrogens with two attached hydrogens (primary N) is 1. The van der Waals surface area contributed by atoms with Gasteiger partial charge in [0.1, 0.15) is 11.6 Å². The van der Waals surface area contributed by atoms with E-state index in [0.717, 1.165) is 12.1 Å². The van der Waals surface area contributed by atoms with Crippen molar-refractivity contribution >= 4 is 16.9 Å². The Morgan fingerprint density at radius 1 is 1.21 bits per heavy atom. The minimum absolute atomic E-state index is 0.149. The van der Waals surface area contributed by atoms with Crippen LogP contribution in [0.1, 0.15) is 0 Å². The van der Waals surface area contributed by atoms with Crippen molar-refractivity contribution in [2.75, 3.05) is 5.73 Å². The van der Waals surface area contributed by atoms with Gasteiger partial charge in [-0.1, -0.05) is 0 Å². The first kappa shape index (κ1) is 11.3. The third-order valence-electron chi connectivity index (χ3n) is 2.41. The molecule has 0 fully saturated rings. The number of rotatable bonds is 2. The van der Waals surface area contributed by atoms with Crippen molar-refractivity contribution in [1.82, 2.24) is 20.2 Å². The summed E-state index contributed by atoms with van der Waals surface area (Å²) in [5.41, 5.74) is 6.04. The van der Waals surface area contributed by atoms with Crippen molar-refractivity contribution in [3.8, 4) is 11.8 Å². The molecule has 0 aliphatic heterocycles. The molecule has 19 heavy (non-hydrogen) atoms. The number of nitrogens with zero attached hydrogens (tertiary/aromatic N) is 3. The number of nitrogens with one attached hydrogen (secondary N) is 1. The van der Waals surface area contributed by atoms with Gasteiger partial charge >= 0.3 is 6.01 Å². The molecule has 8 heteroatoms. The zero-order chi connectivity index (χ0) is 13.4. The van der Waals surface area contributed by atoms with Gasteiger partial charge in [-0.3, -0.25) is 5.10 Å². The Kier molecular flexibility index (Phi) is 2.48. The summed E-state index contributed by atoms with van der Waals surface area (Å²) < 4.78 is 31.3. The van der Waals surface area contributed by atoms with Gasteiger partial charge in [-0.15, -0.1) is 0 Å². The van der Waals surface area contributed by atoms with Gasteiger partial charge in [-0.25, -0.2) is 8.78 Å². The summed E-state index contributed by atoms with van der Waals surface area (Å²) in [5.74, 6) is -1.60. The number of hydrogen-bond donors (Lipinski definition) is 2. The number of benzene rings is 1. The fourth-order valence-electron chi connectivity index (χ4n) is 1.54. The molecule has 1 aromatic carbocycles. The van der Waals surface area contributed by atoms with Gasteiger partial charge < -0.3 is 10.5 Å². The van der Waals surface area contributed by atoms with Gasteiger partial charge in [0, 0.05) is 6.07 Å². The molecule has 0 saturated carbocycles. The van der Waals surface area contributed by atoms with Crippen molar-refractivity contribution in [3.05, 3.63) is 36.0 Å². The summed E-state index contributed by atoms with van der Waals surface area (Å²) in [4.78, 5) is 7.82. The van der Waals surface area contributed by atoms with Gasteiger partial charge in [0.15, 0.2) is 17.2 Å². The highest BCUT2D eigenvalue weighted by Gasteiger charge is 2.11. The third-order valence-corrected chi connectivity index (χ3v) is 2.41. The molecule has 0 bridgehead atoms. The normalized spacial score (nSPS) is 10.8. The fraction of sp³-hybridized carbons (Fsp3) is 0. The van der Waals surface area contributed by atoms with Gasteiger partial charge in [0.05, 0.1) is 11.6 Å². The van der Waals surface area contributed by atoms with E-state index in [2.05, 4.69) is 20.2 Å². The summed E-state index contributed by atoms with van der Waals surface area (Å²) in [6.07, 6.45) is 1.47. The van der Waals surface area contributed by atoms with Gasteiger partial charge in [-0.2, -0.15) is 15.1 Å². The molecule has 0 aliphatic carbocycles. The second-order valence-electron chi connectivity index (χ2n) is 3.70. The molecule has 0 atom stereocenters. The van der Waals surface area contributed by atoms with E-state index >= 15 is 0 Å². The van der Waals surface area contributed by atoms with Crippen molar-refractivity contribution < 1.29 is 13.5 Å². The quantitative estimate of drug-likeness (QED) is 0.738. The van der Waals surface area contributed by atoms with E-state index in [0.29, 0.717) is 17.1 Å². The van der Waals surface area contributed by atoms with Crippen LogP contribution in [0, 0.1) is 11.6 Å². The maximum absolute atomic E-state index is 13.4. The van der Waals surface area contributed by atoms with Gasteiger partial charge in [0.2, 0.25) is 0 Å². The number of hydrogen-bond acceptors (Lipinski definition) is 5. The van der Waals surface area contributed by atoms with Crippen molar-refractivity contribution in [3.63, 3.8) is 0 Å². The van der Waals surface area contributed by atoms with Crippen LogP contribution in [0.15, 0.2) is 24.4 Å². The summed E-state index contributed by atoms with van der Waals surface area (Å²) in [6.45, 7) is 0. The number of nitrogen functional groups attached to an aromatic ring is 1.